The molecule has 4 heteroatoms. The summed E-state index contributed by atoms with van der Waals surface area (Å²) in [5, 5.41) is 0. The lowest BCUT2D eigenvalue weighted by molar-refractivity contribution is 0.288. The normalized spacial score (nSPS) is 11.7. The van der Waals surface area contributed by atoms with Crippen LogP contribution in [-0.4, -0.2) is 16.6 Å². The van der Waals surface area contributed by atoms with Gasteiger partial charge in [0.1, 0.15) is 11.6 Å². The van der Waals surface area contributed by atoms with Crippen molar-refractivity contribution in [2.24, 2.45) is 0 Å². The van der Waals surface area contributed by atoms with Crippen molar-refractivity contribution < 1.29 is 4.74 Å². The standard InChI is InChI=1S/C16H29N3O/c1-6-7-8-9-10-11-20-14-12(2)13(17)18-15(19-14)16(3,4)5/h6-11H2,1-5H3,(H2,17,18,19). The van der Waals surface area contributed by atoms with E-state index in [2.05, 4.69) is 37.7 Å². The zero-order chi connectivity index (χ0) is 15.2. The molecule has 1 aromatic rings. The molecule has 0 aromatic carbocycles. The first-order valence-corrected chi connectivity index (χ1v) is 7.63. The summed E-state index contributed by atoms with van der Waals surface area (Å²) in [6, 6.07) is 0. The second kappa shape index (κ2) is 7.46. The van der Waals surface area contributed by atoms with Crippen LogP contribution in [0.3, 0.4) is 0 Å². The van der Waals surface area contributed by atoms with E-state index < -0.39 is 0 Å². The summed E-state index contributed by atoms with van der Waals surface area (Å²) in [6.07, 6.45) is 6.11. The molecule has 20 heavy (non-hydrogen) atoms. The molecule has 0 bridgehead atoms. The Morgan fingerprint density at radius 1 is 1.05 bits per heavy atom. The summed E-state index contributed by atoms with van der Waals surface area (Å²) in [6.45, 7) is 11.1. The van der Waals surface area contributed by atoms with Gasteiger partial charge in [-0.05, 0) is 13.3 Å². The molecule has 2 N–H and O–H groups in total. The number of hydrogen-bond acceptors (Lipinski definition) is 4. The average molecular weight is 279 g/mol. The topological polar surface area (TPSA) is 61.0 Å². The Balaban J connectivity index is 2.63. The summed E-state index contributed by atoms with van der Waals surface area (Å²) in [4.78, 5) is 8.89. The summed E-state index contributed by atoms with van der Waals surface area (Å²) < 4.78 is 5.80. The van der Waals surface area contributed by atoms with Crippen molar-refractivity contribution in [2.45, 2.75) is 72.1 Å². The highest BCUT2D eigenvalue weighted by molar-refractivity contribution is 5.45. The summed E-state index contributed by atoms with van der Waals surface area (Å²) in [5.41, 5.74) is 6.67. The second-order valence-corrected chi connectivity index (χ2v) is 6.38. The third kappa shape index (κ3) is 4.99. The van der Waals surface area contributed by atoms with E-state index in [0.717, 1.165) is 17.8 Å². The van der Waals surface area contributed by atoms with Crippen molar-refractivity contribution in [3.63, 3.8) is 0 Å². The van der Waals surface area contributed by atoms with Crippen LogP contribution in [-0.2, 0) is 5.41 Å². The Labute approximate surface area is 123 Å². The van der Waals surface area contributed by atoms with Gasteiger partial charge in [-0.2, -0.15) is 4.98 Å². The largest absolute Gasteiger partial charge is 0.477 e. The number of unbranched alkanes of at least 4 members (excludes halogenated alkanes) is 4. The van der Waals surface area contributed by atoms with E-state index in [9.17, 15) is 0 Å². The molecule has 1 aromatic heterocycles. The number of aromatic nitrogens is 2. The van der Waals surface area contributed by atoms with E-state index in [4.69, 9.17) is 10.5 Å². The van der Waals surface area contributed by atoms with Gasteiger partial charge in [0.15, 0.2) is 0 Å². The van der Waals surface area contributed by atoms with Gasteiger partial charge >= 0.3 is 0 Å². The number of rotatable bonds is 7. The van der Waals surface area contributed by atoms with Gasteiger partial charge in [-0.3, -0.25) is 0 Å². The maximum absolute atomic E-state index is 5.96. The minimum atomic E-state index is -0.124. The SMILES string of the molecule is CCCCCCCOc1nc(C(C)(C)C)nc(N)c1C. The molecule has 0 aliphatic rings. The second-order valence-electron chi connectivity index (χ2n) is 6.38. The minimum absolute atomic E-state index is 0.124. The van der Waals surface area contributed by atoms with Crippen LogP contribution >= 0.6 is 0 Å². The van der Waals surface area contributed by atoms with Gasteiger partial charge in [-0.25, -0.2) is 4.98 Å². The molecule has 0 spiro atoms. The first-order valence-electron chi connectivity index (χ1n) is 7.63. The van der Waals surface area contributed by atoms with Crippen molar-refractivity contribution in [3.05, 3.63) is 11.4 Å². The molecule has 0 saturated carbocycles. The molecule has 1 heterocycles. The minimum Gasteiger partial charge on any atom is -0.477 e. The molecule has 1 rings (SSSR count). The Morgan fingerprint density at radius 3 is 2.30 bits per heavy atom. The fourth-order valence-corrected chi connectivity index (χ4v) is 1.86. The third-order valence-electron chi connectivity index (χ3n) is 3.30. The zero-order valence-electron chi connectivity index (χ0n) is 13.6. The monoisotopic (exact) mass is 279 g/mol. The lowest BCUT2D eigenvalue weighted by atomic mass is 9.95. The van der Waals surface area contributed by atoms with Crippen LogP contribution < -0.4 is 10.5 Å². The predicted molar refractivity (Wildman–Crippen MR) is 84.1 cm³/mol. The van der Waals surface area contributed by atoms with Crippen LogP contribution in [0.4, 0.5) is 5.82 Å². The highest BCUT2D eigenvalue weighted by Crippen LogP contribution is 2.26. The predicted octanol–water partition coefficient (Wildman–Crippen LogP) is 4.01. The average Bonchev–Trinajstić information content (AvgIpc) is 2.37. The highest BCUT2D eigenvalue weighted by Gasteiger charge is 2.20. The molecule has 4 nitrogen and oxygen atoms in total. The van der Waals surface area contributed by atoms with Crippen molar-refractivity contribution in [1.29, 1.82) is 0 Å². The molecular formula is C16H29N3O. The van der Waals surface area contributed by atoms with Crippen molar-refractivity contribution in [2.75, 3.05) is 12.3 Å². The zero-order valence-corrected chi connectivity index (χ0v) is 13.6. The van der Waals surface area contributed by atoms with Gasteiger partial charge in [0.2, 0.25) is 5.88 Å². The third-order valence-corrected chi connectivity index (χ3v) is 3.30. The molecule has 114 valence electrons. The van der Waals surface area contributed by atoms with Crippen LogP contribution in [0.1, 0.15) is 71.2 Å². The lowest BCUT2D eigenvalue weighted by Gasteiger charge is -2.19. The van der Waals surface area contributed by atoms with Crippen LogP contribution in [0, 0.1) is 6.92 Å². The number of hydrogen-bond donors (Lipinski definition) is 1. The molecule has 0 unspecified atom stereocenters. The number of ether oxygens (including phenoxy) is 1. The van der Waals surface area contributed by atoms with Crippen molar-refractivity contribution in [1.82, 2.24) is 9.97 Å². The van der Waals surface area contributed by atoms with Gasteiger partial charge in [0.05, 0.1) is 12.2 Å². The van der Waals surface area contributed by atoms with Crippen LogP contribution in [0.15, 0.2) is 0 Å². The van der Waals surface area contributed by atoms with Gasteiger partial charge < -0.3 is 10.5 Å². The fourth-order valence-electron chi connectivity index (χ4n) is 1.86. The molecule has 0 aliphatic carbocycles. The number of nitrogens with zero attached hydrogens (tertiary/aromatic N) is 2. The number of nitrogens with two attached hydrogens (primary N) is 1. The highest BCUT2D eigenvalue weighted by atomic mass is 16.5. The Morgan fingerprint density at radius 2 is 1.70 bits per heavy atom. The van der Waals surface area contributed by atoms with Crippen molar-refractivity contribution >= 4 is 5.82 Å². The van der Waals surface area contributed by atoms with Gasteiger partial charge in [-0.1, -0.05) is 53.4 Å². The Kier molecular flexibility index (Phi) is 6.24. The van der Waals surface area contributed by atoms with E-state index >= 15 is 0 Å². The van der Waals surface area contributed by atoms with Gasteiger partial charge in [0, 0.05) is 5.41 Å². The van der Waals surface area contributed by atoms with Crippen LogP contribution in [0.25, 0.3) is 0 Å². The van der Waals surface area contributed by atoms with E-state index in [-0.39, 0.29) is 5.41 Å². The maximum atomic E-state index is 5.96. The smallest absolute Gasteiger partial charge is 0.221 e. The van der Waals surface area contributed by atoms with E-state index in [1.54, 1.807) is 0 Å². The Bertz CT molecular complexity index is 424. The van der Waals surface area contributed by atoms with Crippen LogP contribution in [0.5, 0.6) is 5.88 Å². The molecule has 0 fully saturated rings. The summed E-state index contributed by atoms with van der Waals surface area (Å²) in [7, 11) is 0. The van der Waals surface area contributed by atoms with E-state index in [0.29, 0.717) is 18.3 Å². The van der Waals surface area contributed by atoms with Crippen molar-refractivity contribution in [3.8, 4) is 5.88 Å². The van der Waals surface area contributed by atoms with E-state index in [1.807, 2.05) is 6.92 Å². The first kappa shape index (κ1) is 16.7. The number of nitrogen functional groups attached to an aromatic ring is 1. The molecule has 0 amide bonds. The Hall–Kier alpha value is -1.32. The molecule has 0 aliphatic heterocycles. The van der Waals surface area contributed by atoms with Crippen LogP contribution in [0.2, 0.25) is 0 Å². The number of anilines is 1. The molecule has 0 atom stereocenters. The molecular weight excluding hydrogens is 250 g/mol. The summed E-state index contributed by atoms with van der Waals surface area (Å²) in [5.74, 6) is 1.89. The fraction of sp³-hybridized carbons (Fsp3) is 0.750. The van der Waals surface area contributed by atoms with Gasteiger partial charge in [-0.15, -0.1) is 0 Å². The van der Waals surface area contributed by atoms with Gasteiger partial charge in [0.25, 0.3) is 0 Å². The summed E-state index contributed by atoms with van der Waals surface area (Å²) >= 11 is 0. The van der Waals surface area contributed by atoms with E-state index in [1.165, 1.54) is 25.7 Å². The quantitative estimate of drug-likeness (QED) is 0.766. The molecule has 0 radical (unpaired) electrons. The molecule has 0 saturated heterocycles. The first-order chi connectivity index (χ1) is 9.36. The maximum Gasteiger partial charge on any atom is 0.221 e. The lowest BCUT2D eigenvalue weighted by Crippen LogP contribution is -2.18.